The molecule has 1 aliphatic heterocycles. The van der Waals surface area contributed by atoms with Gasteiger partial charge in [0.15, 0.2) is 23.2 Å². The van der Waals surface area contributed by atoms with Crippen LogP contribution in [0.5, 0.6) is 0 Å². The second kappa shape index (κ2) is 9.11. The maximum Gasteiger partial charge on any atom is 0.167 e. The van der Waals surface area contributed by atoms with Gasteiger partial charge in [0, 0.05) is 12.6 Å². The van der Waals surface area contributed by atoms with E-state index in [2.05, 4.69) is 32.0 Å². The summed E-state index contributed by atoms with van der Waals surface area (Å²) in [6.07, 6.45) is 4.82. The van der Waals surface area contributed by atoms with Gasteiger partial charge in [0.25, 0.3) is 0 Å². The lowest BCUT2D eigenvalue weighted by molar-refractivity contribution is -0.0511. The predicted molar refractivity (Wildman–Crippen MR) is 118 cm³/mol. The van der Waals surface area contributed by atoms with Crippen molar-refractivity contribution >= 4 is 17.0 Å². The number of fused-ring (bicyclic) bond motifs is 1. The number of benzene rings is 1. The number of ether oxygens (including phenoxy) is 1. The molecule has 1 aliphatic carbocycles. The number of hydrogen-bond donors (Lipinski definition) is 3. The van der Waals surface area contributed by atoms with Crippen molar-refractivity contribution in [1.29, 1.82) is 0 Å². The number of aliphatic hydroxyl groups excluding tert-OH is 3. The summed E-state index contributed by atoms with van der Waals surface area (Å²) >= 11 is 0. The van der Waals surface area contributed by atoms with Crippen LogP contribution in [0.15, 0.2) is 43.0 Å². The largest absolute Gasteiger partial charge is 0.394 e. The Hall–Kier alpha value is -2.59. The number of aromatic nitrogens is 4. The minimum Gasteiger partial charge on any atom is -0.394 e. The average Bonchev–Trinajstić information content (AvgIpc) is 3.39. The van der Waals surface area contributed by atoms with Crippen molar-refractivity contribution in [2.45, 2.75) is 69.2 Å². The predicted octanol–water partition coefficient (Wildman–Crippen LogP) is 1.78. The fraction of sp³-hybridized carbons (Fsp3) is 0.522. The van der Waals surface area contributed by atoms with Crippen molar-refractivity contribution in [2.24, 2.45) is 0 Å². The molecule has 32 heavy (non-hydrogen) atoms. The Balaban J connectivity index is 1.53. The van der Waals surface area contributed by atoms with E-state index in [0.717, 1.165) is 25.2 Å². The SMILES string of the molecule is OC[C@H]1O[C@@H](n2cnc3c(N(Cc4ccccc4)C4CCCCC4)ncnc32)[C@H](O)[C@@H]1O. The molecule has 0 unspecified atom stereocenters. The maximum atomic E-state index is 10.5. The van der Waals surface area contributed by atoms with Gasteiger partial charge in [-0.2, -0.15) is 0 Å². The first kappa shape index (κ1) is 21.3. The molecule has 0 spiro atoms. The van der Waals surface area contributed by atoms with Crippen molar-refractivity contribution in [2.75, 3.05) is 11.5 Å². The summed E-state index contributed by atoms with van der Waals surface area (Å²) in [5.74, 6) is 0.760. The molecule has 170 valence electrons. The van der Waals surface area contributed by atoms with Crippen LogP contribution in [0.3, 0.4) is 0 Å². The Morgan fingerprint density at radius 2 is 1.78 bits per heavy atom. The Morgan fingerprint density at radius 1 is 1.00 bits per heavy atom. The molecule has 2 aliphatic rings. The average molecular weight is 440 g/mol. The van der Waals surface area contributed by atoms with E-state index in [4.69, 9.17) is 4.74 Å². The van der Waals surface area contributed by atoms with Crippen molar-refractivity contribution in [3.63, 3.8) is 0 Å². The summed E-state index contributed by atoms with van der Waals surface area (Å²) in [7, 11) is 0. The first-order chi connectivity index (χ1) is 15.7. The molecule has 9 nitrogen and oxygen atoms in total. The molecule has 0 radical (unpaired) electrons. The van der Waals surface area contributed by atoms with E-state index in [9.17, 15) is 15.3 Å². The van der Waals surface area contributed by atoms with E-state index >= 15 is 0 Å². The third-order valence-corrected chi connectivity index (χ3v) is 6.61. The number of aliphatic hydroxyl groups is 3. The summed E-state index contributed by atoms with van der Waals surface area (Å²) < 4.78 is 7.32. The lowest BCUT2D eigenvalue weighted by Crippen LogP contribution is -2.37. The van der Waals surface area contributed by atoms with Gasteiger partial charge in [-0.15, -0.1) is 0 Å². The Morgan fingerprint density at radius 3 is 2.50 bits per heavy atom. The molecular formula is C23H29N5O4. The molecule has 3 aromatic rings. The minimum atomic E-state index is -1.19. The van der Waals surface area contributed by atoms with Crippen LogP contribution >= 0.6 is 0 Å². The highest BCUT2D eigenvalue weighted by molar-refractivity contribution is 5.83. The van der Waals surface area contributed by atoms with Gasteiger partial charge in [0.2, 0.25) is 0 Å². The van der Waals surface area contributed by atoms with E-state index in [1.54, 1.807) is 10.9 Å². The van der Waals surface area contributed by atoms with E-state index in [0.29, 0.717) is 17.2 Å². The lowest BCUT2D eigenvalue weighted by atomic mass is 9.93. The van der Waals surface area contributed by atoms with Gasteiger partial charge >= 0.3 is 0 Å². The van der Waals surface area contributed by atoms with Crippen molar-refractivity contribution in [1.82, 2.24) is 19.5 Å². The number of imidazole rings is 1. The van der Waals surface area contributed by atoms with Crippen molar-refractivity contribution in [3.05, 3.63) is 48.5 Å². The van der Waals surface area contributed by atoms with Gasteiger partial charge in [-0.1, -0.05) is 49.6 Å². The summed E-state index contributed by atoms with van der Waals surface area (Å²) in [4.78, 5) is 16.0. The Labute approximate surface area is 186 Å². The summed E-state index contributed by atoms with van der Waals surface area (Å²) in [6.45, 7) is 0.340. The molecule has 1 saturated heterocycles. The van der Waals surface area contributed by atoms with E-state index in [-0.39, 0.29) is 6.61 Å². The summed E-state index contributed by atoms with van der Waals surface area (Å²) in [5, 5.41) is 30.1. The first-order valence-corrected chi connectivity index (χ1v) is 11.3. The molecule has 2 aromatic heterocycles. The molecule has 3 heterocycles. The monoisotopic (exact) mass is 439 g/mol. The summed E-state index contributed by atoms with van der Waals surface area (Å²) in [5.41, 5.74) is 2.36. The molecule has 2 fully saturated rings. The van der Waals surface area contributed by atoms with Gasteiger partial charge < -0.3 is 25.0 Å². The van der Waals surface area contributed by atoms with Crippen LogP contribution in [0.4, 0.5) is 5.82 Å². The van der Waals surface area contributed by atoms with Crippen LogP contribution in [0.1, 0.15) is 43.9 Å². The number of anilines is 1. The number of nitrogens with zero attached hydrogens (tertiary/aromatic N) is 5. The Kier molecular flexibility index (Phi) is 6.05. The molecule has 1 aromatic carbocycles. The topological polar surface area (TPSA) is 117 Å². The zero-order chi connectivity index (χ0) is 22.1. The molecule has 4 atom stereocenters. The minimum absolute atomic E-state index is 0.362. The number of hydrogen-bond acceptors (Lipinski definition) is 8. The van der Waals surface area contributed by atoms with E-state index in [1.165, 1.54) is 31.2 Å². The highest BCUT2D eigenvalue weighted by Crippen LogP contribution is 2.35. The summed E-state index contributed by atoms with van der Waals surface area (Å²) in [6, 6.07) is 10.7. The zero-order valence-electron chi connectivity index (χ0n) is 17.9. The van der Waals surface area contributed by atoms with E-state index < -0.39 is 24.5 Å². The van der Waals surface area contributed by atoms with Crippen molar-refractivity contribution < 1.29 is 20.1 Å². The fourth-order valence-corrected chi connectivity index (χ4v) is 4.90. The number of rotatable bonds is 6. The normalized spacial score (nSPS) is 26.6. The highest BCUT2D eigenvalue weighted by Gasteiger charge is 2.44. The van der Waals surface area contributed by atoms with Gasteiger partial charge in [-0.05, 0) is 18.4 Å². The van der Waals surface area contributed by atoms with Gasteiger partial charge in [0.05, 0.1) is 12.9 Å². The van der Waals surface area contributed by atoms with Crippen LogP contribution in [-0.2, 0) is 11.3 Å². The third kappa shape index (κ3) is 3.86. The maximum absolute atomic E-state index is 10.5. The molecule has 1 saturated carbocycles. The highest BCUT2D eigenvalue weighted by atomic mass is 16.6. The van der Waals surface area contributed by atoms with Crippen LogP contribution < -0.4 is 4.90 Å². The molecule has 0 amide bonds. The standard InChI is InChI=1S/C23H29N5O4/c29-12-17-19(30)20(31)23(32-17)28-14-26-18-21(24-13-25-22(18)28)27(16-9-5-2-6-10-16)11-15-7-3-1-4-8-15/h1,3-4,7-8,13-14,16-17,19-20,23,29-31H,2,5-6,9-12H2/t17-,19-,20-,23-/m1/s1. The van der Waals surface area contributed by atoms with Gasteiger partial charge in [-0.25, -0.2) is 15.0 Å². The quantitative estimate of drug-likeness (QED) is 0.532. The molecule has 5 rings (SSSR count). The van der Waals surface area contributed by atoms with Crippen LogP contribution in [0.2, 0.25) is 0 Å². The lowest BCUT2D eigenvalue weighted by Gasteiger charge is -2.35. The second-order valence-electron chi connectivity index (χ2n) is 8.66. The molecular weight excluding hydrogens is 410 g/mol. The van der Waals surface area contributed by atoms with E-state index in [1.807, 2.05) is 18.2 Å². The zero-order valence-corrected chi connectivity index (χ0v) is 17.9. The third-order valence-electron chi connectivity index (χ3n) is 6.61. The van der Waals surface area contributed by atoms with Crippen LogP contribution in [0.25, 0.3) is 11.2 Å². The Bertz CT molecular complexity index is 1040. The first-order valence-electron chi connectivity index (χ1n) is 11.3. The molecule has 0 bridgehead atoms. The fourth-order valence-electron chi connectivity index (χ4n) is 4.90. The van der Waals surface area contributed by atoms with Crippen molar-refractivity contribution in [3.8, 4) is 0 Å². The second-order valence-corrected chi connectivity index (χ2v) is 8.66. The molecule has 9 heteroatoms. The van der Waals surface area contributed by atoms with Crippen LogP contribution in [0, 0.1) is 0 Å². The van der Waals surface area contributed by atoms with Crippen LogP contribution in [-0.4, -0.2) is 65.8 Å². The van der Waals surface area contributed by atoms with Gasteiger partial charge in [-0.3, -0.25) is 4.57 Å². The van der Waals surface area contributed by atoms with Gasteiger partial charge in [0.1, 0.15) is 24.6 Å². The molecule has 3 N–H and O–H groups in total. The smallest absolute Gasteiger partial charge is 0.167 e.